The van der Waals surface area contributed by atoms with Crippen molar-refractivity contribution in [1.29, 1.82) is 0 Å². The molecule has 0 aromatic heterocycles. The van der Waals surface area contributed by atoms with Gasteiger partial charge in [-0.15, -0.1) is 0 Å². The van der Waals surface area contributed by atoms with Crippen LogP contribution in [-0.4, -0.2) is 5.78 Å². The maximum absolute atomic E-state index is 11.1. The normalized spacial score (nSPS) is 10.9. The van der Waals surface area contributed by atoms with Gasteiger partial charge in [0.2, 0.25) is 0 Å². The van der Waals surface area contributed by atoms with Gasteiger partial charge in [0.1, 0.15) is 0 Å². The second-order valence-corrected chi connectivity index (χ2v) is 6.54. The van der Waals surface area contributed by atoms with Crippen molar-refractivity contribution in [2.45, 2.75) is 20.8 Å². The molecule has 0 amide bonds. The quantitative estimate of drug-likeness (QED) is 0.502. The van der Waals surface area contributed by atoms with Crippen molar-refractivity contribution in [3.05, 3.63) is 95.6 Å². The molecule has 0 spiro atoms. The van der Waals surface area contributed by atoms with Gasteiger partial charge in [0.15, 0.2) is 5.78 Å². The lowest BCUT2D eigenvalue weighted by molar-refractivity contribution is -0.112. The van der Waals surface area contributed by atoms with E-state index in [1.807, 2.05) is 18.2 Å². The Hall–Kier alpha value is -3.13. The van der Waals surface area contributed by atoms with Crippen molar-refractivity contribution in [3.63, 3.8) is 0 Å². The minimum Gasteiger partial charge on any atom is -0.311 e. The summed E-state index contributed by atoms with van der Waals surface area (Å²) in [6, 6.07) is 25.3. The Morgan fingerprint density at radius 3 is 1.46 bits per heavy atom. The van der Waals surface area contributed by atoms with Crippen LogP contribution in [0.3, 0.4) is 0 Å². The molecule has 2 heteroatoms. The lowest BCUT2D eigenvalue weighted by Crippen LogP contribution is -2.09. The highest BCUT2D eigenvalue weighted by Crippen LogP contribution is 2.34. The Morgan fingerprint density at radius 1 is 0.692 bits per heavy atom. The van der Waals surface area contributed by atoms with Crippen molar-refractivity contribution in [1.82, 2.24) is 0 Å². The molecule has 130 valence electrons. The highest BCUT2D eigenvalue weighted by molar-refractivity contribution is 5.91. The first-order chi connectivity index (χ1) is 12.5. The number of carbonyl (C=O) groups excluding carboxylic acids is 1. The second-order valence-electron chi connectivity index (χ2n) is 6.54. The van der Waals surface area contributed by atoms with E-state index in [1.165, 1.54) is 11.1 Å². The number of aryl methyl sites for hydroxylation is 2. The fraction of sp³-hybridized carbons (Fsp3) is 0.125. The number of rotatable bonds is 5. The van der Waals surface area contributed by atoms with Crippen molar-refractivity contribution in [2.24, 2.45) is 0 Å². The molecule has 0 aliphatic rings. The zero-order valence-corrected chi connectivity index (χ0v) is 15.4. The Morgan fingerprint density at radius 2 is 1.08 bits per heavy atom. The van der Waals surface area contributed by atoms with Crippen LogP contribution in [0.25, 0.3) is 6.08 Å². The van der Waals surface area contributed by atoms with Crippen LogP contribution >= 0.6 is 0 Å². The van der Waals surface area contributed by atoms with E-state index in [2.05, 4.69) is 79.4 Å². The molecule has 0 saturated carbocycles. The van der Waals surface area contributed by atoms with Crippen molar-refractivity contribution in [3.8, 4) is 0 Å². The van der Waals surface area contributed by atoms with E-state index in [0.717, 1.165) is 22.6 Å². The van der Waals surface area contributed by atoms with Crippen molar-refractivity contribution in [2.75, 3.05) is 4.90 Å². The molecule has 3 aromatic rings. The third-order valence-electron chi connectivity index (χ3n) is 4.25. The first-order valence-electron chi connectivity index (χ1n) is 8.75. The Kier molecular flexibility index (Phi) is 5.33. The van der Waals surface area contributed by atoms with Crippen LogP contribution in [0.4, 0.5) is 17.1 Å². The molecule has 0 heterocycles. The minimum atomic E-state index is 0.0509. The van der Waals surface area contributed by atoms with Gasteiger partial charge < -0.3 is 4.90 Å². The minimum absolute atomic E-state index is 0.0509. The molecule has 0 unspecified atom stereocenters. The highest BCUT2D eigenvalue weighted by Gasteiger charge is 2.11. The molecule has 0 fully saturated rings. The molecule has 3 aromatic carbocycles. The van der Waals surface area contributed by atoms with Gasteiger partial charge in [0.25, 0.3) is 0 Å². The number of hydrogen-bond acceptors (Lipinski definition) is 2. The van der Waals surface area contributed by atoms with E-state index in [9.17, 15) is 4.79 Å². The number of hydrogen-bond donors (Lipinski definition) is 0. The number of ketones is 1. The van der Waals surface area contributed by atoms with Crippen molar-refractivity contribution >= 4 is 28.9 Å². The van der Waals surface area contributed by atoms with E-state index in [-0.39, 0.29) is 5.78 Å². The summed E-state index contributed by atoms with van der Waals surface area (Å²) >= 11 is 0. The number of nitrogens with zero attached hydrogens (tertiary/aromatic N) is 1. The molecule has 0 aliphatic heterocycles. The third kappa shape index (κ3) is 4.28. The summed E-state index contributed by atoms with van der Waals surface area (Å²) in [6.07, 6.45) is 3.43. The van der Waals surface area contributed by atoms with E-state index in [4.69, 9.17) is 0 Å². The molecule has 0 bridgehead atoms. The first kappa shape index (κ1) is 17.7. The predicted molar refractivity (Wildman–Crippen MR) is 110 cm³/mol. The lowest BCUT2D eigenvalue weighted by atomic mass is 10.1. The van der Waals surface area contributed by atoms with Crippen LogP contribution in [0, 0.1) is 13.8 Å². The topological polar surface area (TPSA) is 20.3 Å². The third-order valence-corrected chi connectivity index (χ3v) is 4.25. The number of benzene rings is 3. The first-order valence-corrected chi connectivity index (χ1v) is 8.75. The number of allylic oxidation sites excluding steroid dienone is 1. The van der Waals surface area contributed by atoms with E-state index in [1.54, 1.807) is 13.0 Å². The van der Waals surface area contributed by atoms with Gasteiger partial charge >= 0.3 is 0 Å². The second kappa shape index (κ2) is 7.83. The van der Waals surface area contributed by atoms with Gasteiger partial charge in [0.05, 0.1) is 0 Å². The number of anilines is 3. The Bertz CT molecular complexity index is 858. The van der Waals surface area contributed by atoms with Crippen LogP contribution in [-0.2, 0) is 4.79 Å². The fourth-order valence-electron chi connectivity index (χ4n) is 2.78. The summed E-state index contributed by atoms with van der Waals surface area (Å²) in [7, 11) is 0. The standard InChI is InChI=1S/C24H23NO/c1-18-4-12-22(13-5-18)25(23-14-6-19(2)7-15-23)24-16-10-21(11-17-24)9-8-20(3)26/h4-17H,1-3H3. The summed E-state index contributed by atoms with van der Waals surface area (Å²) in [5, 5.41) is 0. The average Bonchev–Trinajstić information content (AvgIpc) is 2.64. The summed E-state index contributed by atoms with van der Waals surface area (Å²) < 4.78 is 0. The van der Waals surface area contributed by atoms with E-state index >= 15 is 0 Å². The smallest absolute Gasteiger partial charge is 0.152 e. The lowest BCUT2D eigenvalue weighted by Gasteiger charge is -2.25. The Balaban J connectivity index is 2.01. The maximum atomic E-state index is 11.1. The molecular formula is C24H23NO. The van der Waals surface area contributed by atoms with Gasteiger partial charge in [-0.3, -0.25) is 4.79 Å². The molecular weight excluding hydrogens is 318 g/mol. The summed E-state index contributed by atoms with van der Waals surface area (Å²) in [5.41, 5.74) is 6.80. The fourth-order valence-corrected chi connectivity index (χ4v) is 2.78. The van der Waals surface area contributed by atoms with Gasteiger partial charge in [-0.05, 0) is 68.8 Å². The van der Waals surface area contributed by atoms with Crippen LogP contribution in [0.2, 0.25) is 0 Å². The molecule has 0 atom stereocenters. The number of carbonyl (C=O) groups is 1. The van der Waals surface area contributed by atoms with Gasteiger partial charge in [0, 0.05) is 17.1 Å². The monoisotopic (exact) mass is 341 g/mol. The zero-order chi connectivity index (χ0) is 18.5. The van der Waals surface area contributed by atoms with Crippen LogP contribution in [0.5, 0.6) is 0 Å². The average molecular weight is 341 g/mol. The summed E-state index contributed by atoms with van der Waals surface area (Å²) in [4.78, 5) is 13.4. The maximum Gasteiger partial charge on any atom is 0.152 e. The molecule has 26 heavy (non-hydrogen) atoms. The SMILES string of the molecule is CC(=O)C=Cc1ccc(N(c2ccc(C)cc2)c2ccc(C)cc2)cc1. The highest BCUT2D eigenvalue weighted by atomic mass is 16.1. The van der Waals surface area contributed by atoms with Crippen LogP contribution < -0.4 is 4.90 Å². The molecule has 0 saturated heterocycles. The molecule has 0 radical (unpaired) electrons. The summed E-state index contributed by atoms with van der Waals surface area (Å²) in [6.45, 7) is 5.74. The van der Waals surface area contributed by atoms with Crippen molar-refractivity contribution < 1.29 is 4.79 Å². The molecule has 0 aliphatic carbocycles. The van der Waals surface area contributed by atoms with Crippen LogP contribution in [0.1, 0.15) is 23.6 Å². The summed E-state index contributed by atoms with van der Waals surface area (Å²) in [5.74, 6) is 0.0509. The predicted octanol–water partition coefficient (Wildman–Crippen LogP) is 6.38. The van der Waals surface area contributed by atoms with Gasteiger partial charge in [-0.1, -0.05) is 53.6 Å². The zero-order valence-electron chi connectivity index (χ0n) is 15.4. The molecule has 3 rings (SSSR count). The molecule has 0 N–H and O–H groups in total. The van der Waals surface area contributed by atoms with Gasteiger partial charge in [-0.2, -0.15) is 0 Å². The molecule has 2 nitrogen and oxygen atoms in total. The van der Waals surface area contributed by atoms with E-state index in [0.29, 0.717) is 0 Å². The van der Waals surface area contributed by atoms with E-state index < -0.39 is 0 Å². The van der Waals surface area contributed by atoms with Crippen LogP contribution in [0.15, 0.2) is 78.9 Å². The van der Waals surface area contributed by atoms with Gasteiger partial charge in [-0.25, -0.2) is 0 Å². The Labute approximate surface area is 155 Å². The largest absolute Gasteiger partial charge is 0.311 e.